The summed E-state index contributed by atoms with van der Waals surface area (Å²) in [6.07, 6.45) is 1.57. The number of nitrogens with one attached hydrogen (secondary N) is 1. The second kappa shape index (κ2) is 14.4. The molecule has 4 aromatic rings. The third-order valence-corrected chi connectivity index (χ3v) is 5.90. The van der Waals surface area contributed by atoms with E-state index < -0.39 is 0 Å². The van der Waals surface area contributed by atoms with Crippen molar-refractivity contribution < 1.29 is 23.7 Å². The summed E-state index contributed by atoms with van der Waals surface area (Å²) in [4.78, 5) is 12.3. The first-order valence-electron chi connectivity index (χ1n) is 13.3. The van der Waals surface area contributed by atoms with Gasteiger partial charge in [-0.15, -0.1) is 0 Å². The molecule has 7 heteroatoms. The van der Waals surface area contributed by atoms with Crippen molar-refractivity contribution in [2.75, 3.05) is 13.2 Å². The van der Waals surface area contributed by atoms with E-state index in [9.17, 15) is 4.79 Å². The van der Waals surface area contributed by atoms with Crippen LogP contribution in [0.4, 0.5) is 0 Å². The Hall–Kier alpha value is -4.78. The van der Waals surface area contributed by atoms with Gasteiger partial charge in [0.15, 0.2) is 23.0 Å². The predicted octanol–water partition coefficient (Wildman–Crippen LogP) is 6.71. The van der Waals surface area contributed by atoms with Crippen molar-refractivity contribution in [3.05, 3.63) is 119 Å². The largest absolute Gasteiger partial charge is 0.490 e. The Morgan fingerprint density at radius 3 is 2.00 bits per heavy atom. The Balaban J connectivity index is 1.39. The number of ether oxygens (including phenoxy) is 4. The molecule has 206 valence electrons. The van der Waals surface area contributed by atoms with Crippen LogP contribution >= 0.6 is 0 Å². The Bertz CT molecular complexity index is 1420. The van der Waals surface area contributed by atoms with Crippen molar-refractivity contribution in [3.8, 4) is 23.0 Å². The smallest absolute Gasteiger partial charge is 0.271 e. The fraction of sp³-hybridized carbons (Fsp3) is 0.212. The second-order valence-corrected chi connectivity index (χ2v) is 8.98. The van der Waals surface area contributed by atoms with Gasteiger partial charge in [0, 0.05) is 5.56 Å². The van der Waals surface area contributed by atoms with Crippen LogP contribution < -0.4 is 24.4 Å². The van der Waals surface area contributed by atoms with Crippen LogP contribution in [0.3, 0.4) is 0 Å². The van der Waals surface area contributed by atoms with Gasteiger partial charge in [0.2, 0.25) is 0 Å². The van der Waals surface area contributed by atoms with Gasteiger partial charge in [-0.25, -0.2) is 5.43 Å². The van der Waals surface area contributed by atoms with Gasteiger partial charge < -0.3 is 18.9 Å². The van der Waals surface area contributed by atoms with Gasteiger partial charge in [-0.1, -0.05) is 54.1 Å². The maximum Gasteiger partial charge on any atom is 0.271 e. The number of benzene rings is 4. The lowest BCUT2D eigenvalue weighted by Gasteiger charge is -2.15. The topological polar surface area (TPSA) is 78.4 Å². The summed E-state index contributed by atoms with van der Waals surface area (Å²) in [5.74, 6) is 2.27. The van der Waals surface area contributed by atoms with Crippen molar-refractivity contribution in [2.24, 2.45) is 5.10 Å². The SMILES string of the molecule is CCOc1cc(/C=N/NC(=O)c2ccc(C)cc2)ccc1OCc1ccc(OCc2ccccc2)c(OCC)c1. The molecule has 0 radical (unpaired) electrons. The molecule has 7 nitrogen and oxygen atoms in total. The lowest BCUT2D eigenvalue weighted by Crippen LogP contribution is -2.17. The average molecular weight is 539 g/mol. The zero-order chi connectivity index (χ0) is 28.2. The minimum Gasteiger partial charge on any atom is -0.490 e. The van der Waals surface area contributed by atoms with Crippen molar-refractivity contribution in [3.63, 3.8) is 0 Å². The number of rotatable bonds is 13. The number of amides is 1. The van der Waals surface area contributed by atoms with Gasteiger partial charge in [-0.05, 0) is 79.9 Å². The van der Waals surface area contributed by atoms with E-state index in [1.165, 1.54) is 0 Å². The molecule has 1 N–H and O–H groups in total. The second-order valence-electron chi connectivity index (χ2n) is 8.98. The molecule has 0 bridgehead atoms. The third-order valence-electron chi connectivity index (χ3n) is 5.90. The molecule has 0 heterocycles. The highest BCUT2D eigenvalue weighted by Gasteiger charge is 2.11. The molecule has 0 unspecified atom stereocenters. The number of aryl methyl sites for hydroxylation is 1. The molecule has 0 atom stereocenters. The van der Waals surface area contributed by atoms with Crippen LogP contribution in [-0.4, -0.2) is 25.3 Å². The molecular weight excluding hydrogens is 504 g/mol. The van der Waals surface area contributed by atoms with Gasteiger partial charge in [-0.2, -0.15) is 5.10 Å². The Labute approximate surface area is 235 Å². The van der Waals surface area contributed by atoms with Gasteiger partial charge in [-0.3, -0.25) is 4.79 Å². The summed E-state index contributed by atoms with van der Waals surface area (Å²) < 4.78 is 23.8. The summed E-state index contributed by atoms with van der Waals surface area (Å²) in [6.45, 7) is 7.60. The fourth-order valence-corrected chi connectivity index (χ4v) is 3.85. The first-order chi connectivity index (χ1) is 19.6. The van der Waals surface area contributed by atoms with Crippen molar-refractivity contribution >= 4 is 12.1 Å². The minimum atomic E-state index is -0.274. The first kappa shape index (κ1) is 28.2. The predicted molar refractivity (Wildman–Crippen MR) is 157 cm³/mol. The highest BCUT2D eigenvalue weighted by molar-refractivity contribution is 5.94. The molecule has 0 aliphatic carbocycles. The number of nitrogens with zero attached hydrogens (tertiary/aromatic N) is 1. The molecule has 4 rings (SSSR count). The highest BCUT2D eigenvalue weighted by Crippen LogP contribution is 2.32. The quantitative estimate of drug-likeness (QED) is 0.151. The Kier molecular flexibility index (Phi) is 10.2. The molecule has 0 spiro atoms. The van der Waals surface area contributed by atoms with E-state index in [0.717, 1.165) is 22.3 Å². The summed E-state index contributed by atoms with van der Waals surface area (Å²) in [6, 6.07) is 28.6. The van der Waals surface area contributed by atoms with Crippen LogP contribution in [-0.2, 0) is 13.2 Å². The summed E-state index contributed by atoms with van der Waals surface area (Å²) >= 11 is 0. The molecular formula is C33H34N2O5. The van der Waals surface area contributed by atoms with E-state index in [1.54, 1.807) is 18.3 Å². The van der Waals surface area contributed by atoms with E-state index in [4.69, 9.17) is 18.9 Å². The number of hydrogen-bond acceptors (Lipinski definition) is 6. The Morgan fingerprint density at radius 1 is 0.700 bits per heavy atom. The summed E-state index contributed by atoms with van der Waals surface area (Å²) in [5, 5.41) is 4.09. The van der Waals surface area contributed by atoms with Crippen LogP contribution in [0, 0.1) is 6.92 Å². The molecule has 0 fully saturated rings. The van der Waals surface area contributed by atoms with Gasteiger partial charge >= 0.3 is 0 Å². The van der Waals surface area contributed by atoms with Gasteiger partial charge in [0.05, 0.1) is 19.4 Å². The number of hydrogen-bond donors (Lipinski definition) is 1. The van der Waals surface area contributed by atoms with Crippen LogP contribution in [0.1, 0.15) is 46.5 Å². The maximum atomic E-state index is 12.3. The summed E-state index contributed by atoms with van der Waals surface area (Å²) in [5.41, 5.74) is 6.97. The van der Waals surface area contributed by atoms with E-state index in [0.29, 0.717) is 55.0 Å². The molecule has 0 aromatic heterocycles. The molecule has 0 aliphatic rings. The normalized spacial score (nSPS) is 10.8. The Morgan fingerprint density at radius 2 is 1.32 bits per heavy atom. The zero-order valence-corrected chi connectivity index (χ0v) is 23.1. The van der Waals surface area contributed by atoms with E-state index in [-0.39, 0.29) is 5.91 Å². The minimum absolute atomic E-state index is 0.274. The van der Waals surface area contributed by atoms with Crippen LogP contribution in [0.5, 0.6) is 23.0 Å². The van der Waals surface area contributed by atoms with E-state index in [2.05, 4.69) is 10.5 Å². The van der Waals surface area contributed by atoms with Gasteiger partial charge in [0.25, 0.3) is 5.91 Å². The van der Waals surface area contributed by atoms with Gasteiger partial charge in [0.1, 0.15) is 13.2 Å². The number of hydrazone groups is 1. The molecule has 0 saturated carbocycles. The first-order valence-corrected chi connectivity index (χ1v) is 13.3. The van der Waals surface area contributed by atoms with Crippen molar-refractivity contribution in [1.82, 2.24) is 5.43 Å². The van der Waals surface area contributed by atoms with E-state index in [1.807, 2.05) is 99.6 Å². The fourth-order valence-electron chi connectivity index (χ4n) is 3.85. The lowest BCUT2D eigenvalue weighted by atomic mass is 10.1. The monoisotopic (exact) mass is 538 g/mol. The van der Waals surface area contributed by atoms with Crippen LogP contribution in [0.25, 0.3) is 0 Å². The average Bonchev–Trinajstić information content (AvgIpc) is 2.97. The molecule has 4 aromatic carbocycles. The van der Waals surface area contributed by atoms with Crippen LogP contribution in [0.2, 0.25) is 0 Å². The maximum absolute atomic E-state index is 12.3. The lowest BCUT2D eigenvalue weighted by molar-refractivity contribution is 0.0955. The number of carbonyl (C=O) groups excluding carboxylic acids is 1. The van der Waals surface area contributed by atoms with Crippen molar-refractivity contribution in [1.29, 1.82) is 0 Å². The summed E-state index contributed by atoms with van der Waals surface area (Å²) in [7, 11) is 0. The van der Waals surface area contributed by atoms with E-state index >= 15 is 0 Å². The molecule has 0 saturated heterocycles. The zero-order valence-electron chi connectivity index (χ0n) is 23.1. The standard InChI is InChI=1S/C33H34N2O5/c1-4-37-31-19-26(21-34-35-33(36)28-15-11-24(3)12-16-28)13-17-29(31)40-23-27-14-18-30(32(20-27)38-5-2)39-22-25-9-7-6-8-10-25/h6-21H,4-5,22-23H2,1-3H3,(H,35,36)/b34-21+. The third kappa shape index (κ3) is 8.11. The molecule has 0 aliphatic heterocycles. The van der Waals surface area contributed by atoms with Crippen molar-refractivity contribution in [2.45, 2.75) is 34.0 Å². The number of carbonyl (C=O) groups is 1. The highest BCUT2D eigenvalue weighted by atomic mass is 16.5. The molecule has 40 heavy (non-hydrogen) atoms. The molecule has 1 amide bonds. The van der Waals surface area contributed by atoms with Crippen LogP contribution in [0.15, 0.2) is 96.1 Å².